The van der Waals surface area contributed by atoms with Gasteiger partial charge in [-0.05, 0) is 27.2 Å². The third-order valence-corrected chi connectivity index (χ3v) is 3.98. The van der Waals surface area contributed by atoms with Gasteiger partial charge in [-0.25, -0.2) is 9.78 Å². The molecule has 7 nitrogen and oxygen atoms in total. The molecule has 1 atom stereocenters. The third kappa shape index (κ3) is 5.90. The number of carboxylic acid groups (broad SMARTS) is 1. The molecule has 21 heavy (non-hydrogen) atoms. The Balaban J connectivity index is 2.41. The number of imide groups is 1. The van der Waals surface area contributed by atoms with Gasteiger partial charge in [0.25, 0.3) is 0 Å². The van der Waals surface area contributed by atoms with Crippen molar-refractivity contribution < 1.29 is 19.5 Å². The van der Waals surface area contributed by atoms with Gasteiger partial charge in [-0.15, -0.1) is 11.3 Å². The Morgan fingerprint density at radius 3 is 2.48 bits per heavy atom. The molecule has 0 aliphatic heterocycles. The maximum atomic E-state index is 11.7. The van der Waals surface area contributed by atoms with E-state index in [9.17, 15) is 14.4 Å². The van der Waals surface area contributed by atoms with Crippen LogP contribution in [0.5, 0.6) is 0 Å². The first-order valence-electron chi connectivity index (χ1n) is 6.55. The largest absolute Gasteiger partial charge is 0.481 e. The molecule has 116 valence electrons. The van der Waals surface area contributed by atoms with Crippen molar-refractivity contribution in [2.45, 2.75) is 46.1 Å². The third-order valence-electron chi connectivity index (χ3n) is 2.73. The number of aliphatic carboxylic acids is 1. The Labute approximate surface area is 126 Å². The molecule has 0 fully saturated rings. The van der Waals surface area contributed by atoms with Gasteiger partial charge in [0, 0.05) is 17.7 Å². The number of amides is 3. The maximum absolute atomic E-state index is 11.7. The summed E-state index contributed by atoms with van der Waals surface area (Å²) in [6, 6.07) is -0.837. The lowest BCUT2D eigenvalue weighted by Gasteiger charge is -2.13. The van der Waals surface area contributed by atoms with Crippen LogP contribution in [0.3, 0.4) is 0 Å². The summed E-state index contributed by atoms with van der Waals surface area (Å²) >= 11 is 1.50. The van der Waals surface area contributed by atoms with Gasteiger partial charge in [-0.3, -0.25) is 14.9 Å². The number of carboxylic acids is 1. The monoisotopic (exact) mass is 313 g/mol. The number of rotatable bonds is 6. The Morgan fingerprint density at radius 1 is 1.29 bits per heavy atom. The van der Waals surface area contributed by atoms with Crippen LogP contribution in [0.25, 0.3) is 0 Å². The van der Waals surface area contributed by atoms with E-state index in [2.05, 4.69) is 15.6 Å². The maximum Gasteiger partial charge on any atom is 0.321 e. The van der Waals surface area contributed by atoms with Crippen LogP contribution in [-0.4, -0.2) is 28.0 Å². The smallest absolute Gasteiger partial charge is 0.321 e. The van der Waals surface area contributed by atoms with Crippen molar-refractivity contribution in [3.8, 4) is 0 Å². The van der Waals surface area contributed by atoms with Crippen LogP contribution < -0.4 is 10.6 Å². The van der Waals surface area contributed by atoms with Gasteiger partial charge < -0.3 is 10.4 Å². The predicted molar refractivity (Wildman–Crippen MR) is 78.2 cm³/mol. The molecule has 1 aromatic heterocycles. The molecule has 0 aliphatic carbocycles. The van der Waals surface area contributed by atoms with E-state index in [1.54, 1.807) is 0 Å². The molecule has 0 spiro atoms. The first kappa shape index (κ1) is 17.1. The number of nitrogens with one attached hydrogen (secondary N) is 2. The van der Waals surface area contributed by atoms with E-state index in [0.717, 1.165) is 15.6 Å². The van der Waals surface area contributed by atoms with Crippen molar-refractivity contribution in [1.29, 1.82) is 0 Å². The number of carbonyl (C=O) groups excluding carboxylic acids is 2. The van der Waals surface area contributed by atoms with Gasteiger partial charge in [-0.1, -0.05) is 0 Å². The van der Waals surface area contributed by atoms with Crippen molar-refractivity contribution >= 4 is 29.2 Å². The SMILES string of the molecule is Cc1nc(C)c(C(C)NC(=O)NC(=O)CCCC(=O)O)s1. The molecule has 0 bridgehead atoms. The summed E-state index contributed by atoms with van der Waals surface area (Å²) in [4.78, 5) is 38.7. The van der Waals surface area contributed by atoms with Crippen LogP contribution in [-0.2, 0) is 9.59 Å². The fourth-order valence-corrected chi connectivity index (χ4v) is 2.77. The van der Waals surface area contributed by atoms with Gasteiger partial charge in [0.2, 0.25) is 5.91 Å². The zero-order valence-electron chi connectivity index (χ0n) is 12.2. The van der Waals surface area contributed by atoms with Crippen molar-refractivity contribution in [2.75, 3.05) is 0 Å². The topological polar surface area (TPSA) is 108 Å². The van der Waals surface area contributed by atoms with E-state index in [-0.39, 0.29) is 25.3 Å². The summed E-state index contributed by atoms with van der Waals surface area (Å²) in [6.07, 6.45) is 0.120. The zero-order valence-corrected chi connectivity index (χ0v) is 13.0. The van der Waals surface area contributed by atoms with Crippen LogP contribution in [0.1, 0.15) is 47.8 Å². The number of aryl methyl sites for hydroxylation is 2. The minimum atomic E-state index is -0.961. The van der Waals surface area contributed by atoms with E-state index < -0.39 is 17.9 Å². The highest BCUT2D eigenvalue weighted by atomic mass is 32.1. The van der Waals surface area contributed by atoms with E-state index >= 15 is 0 Å². The fourth-order valence-electron chi connectivity index (χ4n) is 1.84. The highest BCUT2D eigenvalue weighted by molar-refractivity contribution is 7.11. The van der Waals surface area contributed by atoms with Crippen LogP contribution >= 0.6 is 11.3 Å². The number of nitrogens with zero attached hydrogens (tertiary/aromatic N) is 1. The first-order chi connectivity index (χ1) is 9.79. The van der Waals surface area contributed by atoms with Crippen LogP contribution in [0, 0.1) is 13.8 Å². The minimum absolute atomic E-state index is 0.00674. The molecule has 1 rings (SSSR count). The molecule has 1 aromatic rings. The number of hydrogen-bond donors (Lipinski definition) is 3. The number of aromatic nitrogens is 1. The van der Waals surface area contributed by atoms with E-state index in [1.165, 1.54) is 11.3 Å². The molecule has 8 heteroatoms. The molecular weight excluding hydrogens is 294 g/mol. The Kier molecular flexibility index (Phi) is 6.29. The quantitative estimate of drug-likeness (QED) is 0.743. The summed E-state index contributed by atoms with van der Waals surface area (Å²) in [5, 5.41) is 14.2. The lowest BCUT2D eigenvalue weighted by Crippen LogP contribution is -2.40. The second-order valence-corrected chi connectivity index (χ2v) is 5.91. The average molecular weight is 313 g/mol. The second-order valence-electron chi connectivity index (χ2n) is 4.67. The summed E-state index contributed by atoms with van der Waals surface area (Å²) in [5.41, 5.74) is 0.859. The molecule has 0 aliphatic rings. The van der Waals surface area contributed by atoms with Crippen LogP contribution in [0.15, 0.2) is 0 Å². The first-order valence-corrected chi connectivity index (χ1v) is 7.37. The number of carbonyl (C=O) groups is 3. The van der Waals surface area contributed by atoms with Crippen LogP contribution in [0.4, 0.5) is 4.79 Å². The lowest BCUT2D eigenvalue weighted by atomic mass is 10.2. The molecule has 0 radical (unpaired) electrons. The molecule has 3 amide bonds. The number of urea groups is 1. The van der Waals surface area contributed by atoms with Crippen molar-refractivity contribution in [1.82, 2.24) is 15.6 Å². The molecule has 0 aromatic carbocycles. The molecular formula is C13H19N3O4S. The normalized spacial score (nSPS) is 11.8. The number of hydrogen-bond acceptors (Lipinski definition) is 5. The lowest BCUT2D eigenvalue weighted by molar-refractivity contribution is -0.137. The van der Waals surface area contributed by atoms with Crippen molar-refractivity contribution in [2.24, 2.45) is 0 Å². The minimum Gasteiger partial charge on any atom is -0.481 e. The molecule has 3 N–H and O–H groups in total. The molecule has 0 saturated heterocycles. The van der Waals surface area contributed by atoms with Crippen molar-refractivity contribution in [3.05, 3.63) is 15.6 Å². The van der Waals surface area contributed by atoms with E-state index in [4.69, 9.17) is 5.11 Å². The Hall–Kier alpha value is -1.96. The standard InChI is InChI=1S/C13H19N3O4S/c1-7-12(21-9(3)14-7)8(2)15-13(20)16-10(17)5-4-6-11(18)19/h8H,4-6H2,1-3H3,(H,18,19)(H2,15,16,17,20). The second kappa shape index (κ2) is 7.72. The highest BCUT2D eigenvalue weighted by Gasteiger charge is 2.16. The summed E-state index contributed by atoms with van der Waals surface area (Å²) < 4.78 is 0. The summed E-state index contributed by atoms with van der Waals surface area (Å²) in [5.74, 6) is -1.45. The van der Waals surface area contributed by atoms with Gasteiger partial charge in [0.1, 0.15) is 0 Å². The van der Waals surface area contributed by atoms with Crippen molar-refractivity contribution in [3.63, 3.8) is 0 Å². The highest BCUT2D eigenvalue weighted by Crippen LogP contribution is 2.24. The molecule has 0 saturated carbocycles. The fraction of sp³-hybridized carbons (Fsp3) is 0.538. The van der Waals surface area contributed by atoms with E-state index in [0.29, 0.717) is 0 Å². The molecule has 1 unspecified atom stereocenters. The predicted octanol–water partition coefficient (Wildman–Crippen LogP) is 1.90. The number of thiazole rings is 1. The van der Waals surface area contributed by atoms with Gasteiger partial charge in [0.05, 0.1) is 16.7 Å². The van der Waals surface area contributed by atoms with Gasteiger partial charge >= 0.3 is 12.0 Å². The van der Waals surface area contributed by atoms with Gasteiger partial charge in [-0.2, -0.15) is 0 Å². The summed E-state index contributed by atoms with van der Waals surface area (Å²) in [6.45, 7) is 5.57. The Bertz CT molecular complexity index is 542. The Morgan fingerprint density at radius 2 is 1.95 bits per heavy atom. The van der Waals surface area contributed by atoms with Crippen LogP contribution in [0.2, 0.25) is 0 Å². The molecule has 1 heterocycles. The summed E-state index contributed by atoms with van der Waals surface area (Å²) in [7, 11) is 0. The van der Waals surface area contributed by atoms with Gasteiger partial charge in [0.15, 0.2) is 0 Å². The van der Waals surface area contributed by atoms with E-state index in [1.807, 2.05) is 20.8 Å². The zero-order chi connectivity index (χ0) is 16.0. The average Bonchev–Trinajstić information content (AvgIpc) is 2.67.